The average Bonchev–Trinajstić information content (AvgIpc) is 3.03. The predicted octanol–water partition coefficient (Wildman–Crippen LogP) is 4.12. The van der Waals surface area contributed by atoms with Gasteiger partial charge in [0.2, 0.25) is 11.9 Å². The number of nitriles is 1. The molecule has 3 aromatic rings. The van der Waals surface area contributed by atoms with E-state index in [-0.39, 0.29) is 11.9 Å². The van der Waals surface area contributed by atoms with E-state index in [0.717, 1.165) is 30.3 Å². The van der Waals surface area contributed by atoms with Crippen molar-refractivity contribution in [1.82, 2.24) is 9.55 Å². The second kappa shape index (κ2) is 7.34. The third-order valence-corrected chi connectivity index (χ3v) is 6.09. The number of imidazole rings is 1. The number of aliphatic hydroxyl groups is 1. The van der Waals surface area contributed by atoms with Crippen LogP contribution in [0.4, 0.5) is 5.95 Å². The topological polar surface area (TPSA) is 90.9 Å². The number of hydrogen-bond acceptors (Lipinski definition) is 4. The number of nitrogens with one attached hydrogen (secondary N) is 1. The predicted molar refractivity (Wildman–Crippen MR) is 111 cm³/mol. The van der Waals surface area contributed by atoms with Crippen LogP contribution in [0.2, 0.25) is 0 Å². The lowest BCUT2D eigenvalue weighted by Crippen LogP contribution is -2.39. The van der Waals surface area contributed by atoms with E-state index in [1.54, 1.807) is 19.9 Å². The van der Waals surface area contributed by atoms with Crippen LogP contribution in [-0.4, -0.2) is 20.6 Å². The van der Waals surface area contributed by atoms with Crippen molar-refractivity contribution < 1.29 is 9.90 Å². The van der Waals surface area contributed by atoms with Gasteiger partial charge in [-0.25, -0.2) is 4.98 Å². The number of benzene rings is 2. The number of hydrogen-bond donors (Lipinski definition) is 2. The number of fused-ring (bicyclic) bond motifs is 1. The highest BCUT2D eigenvalue weighted by atomic mass is 16.3. The molecule has 1 saturated carbocycles. The molecule has 0 bridgehead atoms. The van der Waals surface area contributed by atoms with E-state index >= 15 is 0 Å². The molecule has 2 aromatic carbocycles. The van der Waals surface area contributed by atoms with Crippen molar-refractivity contribution in [3.8, 4) is 6.07 Å². The molecular weight excluding hydrogens is 364 g/mol. The number of carbonyl (C=O) groups is 1. The van der Waals surface area contributed by atoms with Gasteiger partial charge in [-0.15, -0.1) is 0 Å². The Morgan fingerprint density at radius 2 is 2.03 bits per heavy atom. The fraction of sp³-hybridized carbons (Fsp3) is 0.348. The Morgan fingerprint density at radius 3 is 2.66 bits per heavy atom. The molecule has 6 heteroatoms. The van der Waals surface area contributed by atoms with Gasteiger partial charge in [0.1, 0.15) is 0 Å². The summed E-state index contributed by atoms with van der Waals surface area (Å²) in [4.78, 5) is 17.6. The van der Waals surface area contributed by atoms with Gasteiger partial charge in [0.05, 0.1) is 34.2 Å². The minimum atomic E-state index is -1.31. The van der Waals surface area contributed by atoms with Crippen LogP contribution < -0.4 is 5.32 Å². The first-order valence-electron chi connectivity index (χ1n) is 9.92. The molecule has 0 radical (unpaired) electrons. The second-order valence-corrected chi connectivity index (χ2v) is 7.93. The van der Waals surface area contributed by atoms with Gasteiger partial charge in [-0.1, -0.05) is 37.3 Å². The summed E-state index contributed by atoms with van der Waals surface area (Å²) in [5.74, 6) is -0.509. The summed E-state index contributed by atoms with van der Waals surface area (Å²) in [6.07, 6.45) is 3.17. The van der Waals surface area contributed by atoms with Crippen molar-refractivity contribution in [2.24, 2.45) is 5.92 Å². The summed E-state index contributed by atoms with van der Waals surface area (Å²) in [5, 5.41) is 23.2. The molecule has 1 aliphatic rings. The monoisotopic (exact) mass is 388 g/mol. The van der Waals surface area contributed by atoms with E-state index in [2.05, 4.69) is 16.4 Å². The summed E-state index contributed by atoms with van der Waals surface area (Å²) in [7, 11) is 0. The van der Waals surface area contributed by atoms with E-state index < -0.39 is 11.5 Å². The fourth-order valence-corrected chi connectivity index (χ4v) is 3.76. The van der Waals surface area contributed by atoms with Crippen LogP contribution in [0, 0.1) is 17.2 Å². The van der Waals surface area contributed by atoms with Crippen LogP contribution >= 0.6 is 0 Å². The van der Waals surface area contributed by atoms with Gasteiger partial charge < -0.3 is 9.67 Å². The maximum Gasteiger partial charge on any atom is 0.232 e. The maximum absolute atomic E-state index is 13.0. The zero-order valence-corrected chi connectivity index (χ0v) is 16.6. The first-order chi connectivity index (χ1) is 13.9. The molecule has 1 amide bonds. The first kappa shape index (κ1) is 19.2. The lowest BCUT2D eigenvalue weighted by atomic mass is 9.83. The molecule has 29 heavy (non-hydrogen) atoms. The molecule has 0 aliphatic heterocycles. The molecule has 6 nitrogen and oxygen atoms in total. The van der Waals surface area contributed by atoms with Crippen LogP contribution in [0.5, 0.6) is 0 Å². The molecule has 0 saturated heterocycles. The Labute approximate surface area is 169 Å². The Morgan fingerprint density at radius 1 is 1.31 bits per heavy atom. The molecule has 2 N–H and O–H groups in total. The number of nitrogens with zero attached hydrogens (tertiary/aromatic N) is 3. The average molecular weight is 388 g/mol. The van der Waals surface area contributed by atoms with Gasteiger partial charge in [-0.2, -0.15) is 5.26 Å². The van der Waals surface area contributed by atoms with Gasteiger partial charge in [-0.3, -0.25) is 10.1 Å². The highest BCUT2D eigenvalue weighted by molar-refractivity contribution is 5.94. The van der Waals surface area contributed by atoms with Crippen molar-refractivity contribution in [2.45, 2.75) is 44.8 Å². The van der Waals surface area contributed by atoms with E-state index in [1.165, 1.54) is 0 Å². The Balaban J connectivity index is 1.66. The van der Waals surface area contributed by atoms with Crippen LogP contribution in [0.3, 0.4) is 0 Å². The third-order valence-electron chi connectivity index (χ3n) is 6.09. The smallest absolute Gasteiger partial charge is 0.232 e. The third kappa shape index (κ3) is 3.39. The van der Waals surface area contributed by atoms with Crippen LogP contribution in [0.25, 0.3) is 11.0 Å². The molecule has 148 valence electrons. The minimum absolute atomic E-state index is 0.259. The van der Waals surface area contributed by atoms with Gasteiger partial charge in [0.25, 0.3) is 0 Å². The highest BCUT2D eigenvalue weighted by Gasteiger charge is 2.36. The van der Waals surface area contributed by atoms with Crippen LogP contribution in [0.15, 0.2) is 48.5 Å². The summed E-state index contributed by atoms with van der Waals surface area (Å²) in [6.45, 7) is 3.37. The van der Waals surface area contributed by atoms with E-state index in [4.69, 9.17) is 0 Å². The summed E-state index contributed by atoms with van der Waals surface area (Å²) in [5.41, 5.74) is 1.54. The molecule has 1 fully saturated rings. The van der Waals surface area contributed by atoms with E-state index in [9.17, 15) is 15.2 Å². The lowest BCUT2D eigenvalue weighted by Gasteiger charge is -2.31. The normalized spacial score (nSPS) is 17.2. The van der Waals surface area contributed by atoms with Gasteiger partial charge in [0.15, 0.2) is 0 Å². The molecule has 1 aliphatic carbocycles. The molecule has 0 spiro atoms. The van der Waals surface area contributed by atoms with Crippen LogP contribution in [0.1, 0.15) is 50.3 Å². The van der Waals surface area contributed by atoms with Gasteiger partial charge in [0, 0.05) is 6.04 Å². The van der Waals surface area contributed by atoms with Gasteiger partial charge >= 0.3 is 0 Å². The standard InChI is InChI=1S/C23H24N4O2/c1-15(23(2,29)17-7-4-3-5-8-17)21(28)26-22-25-19-12-11-16(14-24)13-20(19)27(22)18-9-6-10-18/h3-5,7-8,11-13,15,18,29H,6,9-10H2,1-2H3,(H,25,26,28)/t15-,23?/m1/s1. The van der Waals surface area contributed by atoms with Crippen molar-refractivity contribution in [2.75, 3.05) is 5.32 Å². The van der Waals surface area contributed by atoms with Crippen molar-refractivity contribution >= 4 is 22.9 Å². The van der Waals surface area contributed by atoms with Gasteiger partial charge in [-0.05, 0) is 49.9 Å². The van der Waals surface area contributed by atoms with E-state index in [1.807, 2.05) is 47.0 Å². The largest absolute Gasteiger partial charge is 0.385 e. The number of rotatable bonds is 5. The molecular formula is C23H24N4O2. The fourth-order valence-electron chi connectivity index (χ4n) is 3.76. The molecule has 4 rings (SSSR count). The first-order valence-corrected chi connectivity index (χ1v) is 9.92. The zero-order chi connectivity index (χ0) is 20.6. The second-order valence-electron chi connectivity index (χ2n) is 7.93. The number of anilines is 1. The summed E-state index contributed by atoms with van der Waals surface area (Å²) < 4.78 is 2.03. The highest BCUT2D eigenvalue weighted by Crippen LogP contribution is 2.38. The van der Waals surface area contributed by atoms with Crippen molar-refractivity contribution in [3.63, 3.8) is 0 Å². The quantitative estimate of drug-likeness (QED) is 0.688. The zero-order valence-electron chi connectivity index (χ0n) is 16.6. The summed E-state index contributed by atoms with van der Waals surface area (Å²) in [6, 6.07) is 17.0. The molecule has 1 heterocycles. The van der Waals surface area contributed by atoms with E-state index in [0.29, 0.717) is 17.1 Å². The summed E-state index contributed by atoms with van der Waals surface area (Å²) >= 11 is 0. The Kier molecular flexibility index (Phi) is 4.85. The lowest BCUT2D eigenvalue weighted by molar-refractivity contribution is -0.127. The van der Waals surface area contributed by atoms with Crippen LogP contribution in [-0.2, 0) is 10.4 Å². The molecule has 1 unspecified atom stereocenters. The molecule has 2 atom stereocenters. The van der Waals surface area contributed by atoms with Crippen molar-refractivity contribution in [1.29, 1.82) is 5.26 Å². The Hall–Kier alpha value is -3.17. The number of aromatic nitrogens is 2. The number of amides is 1. The minimum Gasteiger partial charge on any atom is -0.385 e. The van der Waals surface area contributed by atoms with Crippen molar-refractivity contribution in [3.05, 3.63) is 59.7 Å². The Bertz CT molecular complexity index is 1090. The SMILES string of the molecule is C[C@H](C(=O)Nc1nc2ccc(C#N)cc2n1C1CCC1)C(C)(O)c1ccccc1. The maximum atomic E-state index is 13.0. The molecule has 1 aromatic heterocycles. The number of carbonyl (C=O) groups excluding carboxylic acids is 1.